The molecule has 0 aliphatic carbocycles. The van der Waals surface area contributed by atoms with Gasteiger partial charge in [-0.3, -0.25) is 9.69 Å². The third-order valence-corrected chi connectivity index (χ3v) is 4.16. The van der Waals surface area contributed by atoms with Crippen LogP contribution in [-0.2, 0) is 10.3 Å². The summed E-state index contributed by atoms with van der Waals surface area (Å²) in [6.07, 6.45) is 1.52. The zero-order valence-corrected chi connectivity index (χ0v) is 13.6. The number of carbonyl (C=O) groups is 1. The van der Waals surface area contributed by atoms with Crippen molar-refractivity contribution in [3.05, 3.63) is 47.9 Å². The smallest absolute Gasteiger partial charge is 0.261 e. The van der Waals surface area contributed by atoms with Crippen molar-refractivity contribution >= 4 is 11.9 Å². The Hall–Kier alpha value is -2.96. The van der Waals surface area contributed by atoms with Crippen LogP contribution in [0, 0.1) is 5.82 Å². The average Bonchev–Trinajstić information content (AvgIpc) is 2.79. The number of pyridine rings is 1. The molecule has 0 spiro atoms. The molecule has 0 saturated heterocycles. The number of carbonyl (C=O) groups excluding carboxylic acids is 1. The second kappa shape index (κ2) is 5.59. The van der Waals surface area contributed by atoms with Crippen molar-refractivity contribution in [3.63, 3.8) is 0 Å². The van der Waals surface area contributed by atoms with Gasteiger partial charge in [0.05, 0.1) is 7.11 Å². The summed E-state index contributed by atoms with van der Waals surface area (Å²) in [6, 6.07) is 8.52. The maximum atomic E-state index is 13.9. The summed E-state index contributed by atoms with van der Waals surface area (Å²) in [5.41, 5.74) is 6.65. The van der Waals surface area contributed by atoms with Gasteiger partial charge in [0, 0.05) is 18.8 Å². The molecule has 7 heteroatoms. The van der Waals surface area contributed by atoms with Gasteiger partial charge in [0.15, 0.2) is 17.3 Å². The first kappa shape index (κ1) is 15.9. The molecule has 1 atom stereocenters. The number of likely N-dealkylation sites (N-methyl/N-ethyl adjacent to an activating group) is 1. The highest BCUT2D eigenvalue weighted by Crippen LogP contribution is 2.34. The Labute approximate surface area is 138 Å². The third kappa shape index (κ3) is 2.38. The van der Waals surface area contributed by atoms with Gasteiger partial charge >= 0.3 is 0 Å². The van der Waals surface area contributed by atoms with E-state index in [1.54, 1.807) is 32.2 Å². The fourth-order valence-electron chi connectivity index (χ4n) is 2.71. The van der Waals surface area contributed by atoms with Crippen LogP contribution in [0.2, 0.25) is 0 Å². The number of aliphatic imine (C=N–C) groups is 1. The molecule has 1 aliphatic rings. The lowest BCUT2D eigenvalue weighted by Gasteiger charge is -2.21. The molecule has 24 heavy (non-hydrogen) atoms. The normalized spacial score (nSPS) is 20.2. The Morgan fingerprint density at radius 1 is 1.29 bits per heavy atom. The number of amides is 1. The van der Waals surface area contributed by atoms with E-state index in [1.807, 2.05) is 6.07 Å². The molecule has 124 valence electrons. The Balaban J connectivity index is 2.05. The lowest BCUT2D eigenvalue weighted by atomic mass is 9.90. The summed E-state index contributed by atoms with van der Waals surface area (Å²) in [5, 5.41) is 0. The quantitative estimate of drug-likeness (QED) is 0.933. The monoisotopic (exact) mass is 328 g/mol. The summed E-state index contributed by atoms with van der Waals surface area (Å²) < 4.78 is 18.7. The molecule has 0 fully saturated rings. The predicted molar refractivity (Wildman–Crippen MR) is 87.9 cm³/mol. The molecule has 2 aromatic rings. The molecule has 1 aromatic carbocycles. The minimum atomic E-state index is -1.09. The minimum Gasteiger partial charge on any atom is -0.479 e. The lowest BCUT2D eigenvalue weighted by molar-refractivity contribution is -0.130. The second-order valence-corrected chi connectivity index (χ2v) is 5.70. The number of guanidine groups is 1. The van der Waals surface area contributed by atoms with Crippen LogP contribution < -0.4 is 10.5 Å². The molecule has 6 nitrogen and oxygen atoms in total. The van der Waals surface area contributed by atoms with Crippen LogP contribution in [-0.4, -0.2) is 35.9 Å². The largest absolute Gasteiger partial charge is 0.479 e. The van der Waals surface area contributed by atoms with E-state index in [9.17, 15) is 9.18 Å². The number of halogens is 1. The number of methoxy groups -OCH3 is 1. The van der Waals surface area contributed by atoms with Crippen LogP contribution in [0.4, 0.5) is 4.39 Å². The van der Waals surface area contributed by atoms with Crippen molar-refractivity contribution in [2.45, 2.75) is 12.5 Å². The summed E-state index contributed by atoms with van der Waals surface area (Å²) in [7, 11) is 2.94. The molecule has 2 N–H and O–H groups in total. The molecule has 0 bridgehead atoms. The first-order valence-corrected chi connectivity index (χ1v) is 7.30. The van der Waals surface area contributed by atoms with Crippen LogP contribution in [0.1, 0.15) is 12.5 Å². The van der Waals surface area contributed by atoms with Crippen molar-refractivity contribution in [2.75, 3.05) is 14.2 Å². The van der Waals surface area contributed by atoms with Gasteiger partial charge in [0.1, 0.15) is 0 Å². The average molecular weight is 328 g/mol. The van der Waals surface area contributed by atoms with Crippen LogP contribution in [0.15, 0.2) is 41.5 Å². The molecule has 0 unspecified atom stereocenters. The van der Waals surface area contributed by atoms with Crippen molar-refractivity contribution in [2.24, 2.45) is 10.7 Å². The molecule has 3 rings (SSSR count). The Morgan fingerprint density at radius 2 is 2.04 bits per heavy atom. The maximum absolute atomic E-state index is 13.9. The summed E-state index contributed by atoms with van der Waals surface area (Å²) in [6.45, 7) is 1.71. The van der Waals surface area contributed by atoms with Gasteiger partial charge < -0.3 is 10.5 Å². The Morgan fingerprint density at radius 3 is 2.62 bits per heavy atom. The standard InChI is InChI=1S/C17H17FN4O2/c1-17(15(23)22(2)16(19)21-17)12-6-4-5-10(7-12)11-8-13(18)14(24-3)20-9-11/h4-9H,1-3H3,(H2,19,21)/t17-/m1/s1. The number of ether oxygens (including phenoxy) is 1. The fourth-order valence-corrected chi connectivity index (χ4v) is 2.71. The van der Waals surface area contributed by atoms with Gasteiger partial charge in [-0.2, -0.15) is 0 Å². The van der Waals surface area contributed by atoms with E-state index in [2.05, 4.69) is 9.98 Å². The number of hydrogen-bond acceptors (Lipinski definition) is 5. The fraction of sp³-hybridized carbons (Fsp3) is 0.235. The van der Waals surface area contributed by atoms with Gasteiger partial charge in [0.2, 0.25) is 5.88 Å². The zero-order valence-electron chi connectivity index (χ0n) is 13.6. The molecule has 1 amide bonds. The van der Waals surface area contributed by atoms with E-state index in [-0.39, 0.29) is 17.7 Å². The Kier molecular flexibility index (Phi) is 3.71. The van der Waals surface area contributed by atoms with E-state index >= 15 is 0 Å². The van der Waals surface area contributed by atoms with Crippen molar-refractivity contribution in [3.8, 4) is 17.0 Å². The van der Waals surface area contributed by atoms with Crippen LogP contribution in [0.25, 0.3) is 11.1 Å². The first-order chi connectivity index (χ1) is 11.4. The van der Waals surface area contributed by atoms with Crippen LogP contribution in [0.3, 0.4) is 0 Å². The minimum absolute atomic E-state index is 0.0631. The molecule has 0 saturated carbocycles. The first-order valence-electron chi connectivity index (χ1n) is 7.30. The predicted octanol–water partition coefficient (Wildman–Crippen LogP) is 1.90. The highest BCUT2D eigenvalue weighted by atomic mass is 19.1. The number of nitrogens with two attached hydrogens (primary N) is 1. The van der Waals surface area contributed by atoms with Crippen LogP contribution in [0.5, 0.6) is 5.88 Å². The van der Waals surface area contributed by atoms with E-state index in [0.717, 1.165) is 5.56 Å². The van der Waals surface area contributed by atoms with Gasteiger partial charge in [-0.05, 0) is 30.2 Å². The van der Waals surface area contributed by atoms with E-state index < -0.39 is 11.4 Å². The zero-order chi connectivity index (χ0) is 17.5. The van der Waals surface area contributed by atoms with Gasteiger partial charge in [0.25, 0.3) is 5.91 Å². The molecule has 2 heterocycles. The number of benzene rings is 1. The SMILES string of the molecule is COc1ncc(-c2cccc([C@@]3(C)N=C(N)N(C)C3=O)c2)cc1F. The topological polar surface area (TPSA) is 80.8 Å². The summed E-state index contributed by atoms with van der Waals surface area (Å²) in [4.78, 5) is 22.0. The van der Waals surface area contributed by atoms with Crippen molar-refractivity contribution in [1.29, 1.82) is 0 Å². The number of hydrogen-bond donors (Lipinski definition) is 1. The van der Waals surface area contributed by atoms with Crippen molar-refractivity contribution in [1.82, 2.24) is 9.88 Å². The molecular formula is C17H17FN4O2. The number of aromatic nitrogens is 1. The summed E-state index contributed by atoms with van der Waals surface area (Å²) in [5.74, 6) is -0.654. The molecule has 1 aromatic heterocycles. The van der Waals surface area contributed by atoms with Crippen molar-refractivity contribution < 1.29 is 13.9 Å². The van der Waals surface area contributed by atoms with E-state index in [1.165, 1.54) is 24.3 Å². The van der Waals surface area contributed by atoms with E-state index in [4.69, 9.17) is 10.5 Å². The molecule has 1 aliphatic heterocycles. The highest BCUT2D eigenvalue weighted by Gasteiger charge is 2.43. The van der Waals surface area contributed by atoms with Gasteiger partial charge in [-0.25, -0.2) is 14.4 Å². The highest BCUT2D eigenvalue weighted by molar-refractivity contribution is 6.06. The Bertz CT molecular complexity index is 852. The molecule has 0 radical (unpaired) electrons. The molecular weight excluding hydrogens is 311 g/mol. The second-order valence-electron chi connectivity index (χ2n) is 5.70. The van der Waals surface area contributed by atoms with Gasteiger partial charge in [-0.1, -0.05) is 18.2 Å². The third-order valence-electron chi connectivity index (χ3n) is 4.16. The lowest BCUT2D eigenvalue weighted by Crippen LogP contribution is -2.38. The van der Waals surface area contributed by atoms with E-state index in [0.29, 0.717) is 11.1 Å². The van der Waals surface area contributed by atoms with Crippen LogP contribution >= 0.6 is 0 Å². The number of rotatable bonds is 3. The van der Waals surface area contributed by atoms with Gasteiger partial charge in [-0.15, -0.1) is 0 Å². The summed E-state index contributed by atoms with van der Waals surface area (Å²) >= 11 is 0. The number of nitrogens with zero attached hydrogens (tertiary/aromatic N) is 3. The maximum Gasteiger partial charge on any atom is 0.261 e.